The Hall–Kier alpha value is -2.11. The van der Waals surface area contributed by atoms with Crippen LogP contribution in [0.5, 0.6) is 0 Å². The molecule has 0 heterocycles. The third-order valence-corrected chi connectivity index (χ3v) is 3.70. The van der Waals surface area contributed by atoms with Crippen LogP contribution in [0.3, 0.4) is 0 Å². The Labute approximate surface area is 155 Å². The second-order valence-electron chi connectivity index (χ2n) is 5.67. The Morgan fingerprint density at radius 3 is 2.40 bits per heavy atom. The molecule has 0 unspecified atom stereocenters. The zero-order valence-electron chi connectivity index (χ0n) is 14.5. The molecule has 3 N–H and O–H groups in total. The first-order chi connectivity index (χ1) is 11.7. The average molecular weight is 364 g/mol. The van der Waals surface area contributed by atoms with Crippen molar-refractivity contribution in [3.05, 3.63) is 48.0 Å². The molecular formula is C19H26ClN3O2. The molecule has 2 aromatic carbocycles. The summed E-state index contributed by atoms with van der Waals surface area (Å²) in [6.45, 7) is 4.77. The van der Waals surface area contributed by atoms with Crippen molar-refractivity contribution in [1.82, 2.24) is 16.0 Å². The lowest BCUT2D eigenvalue weighted by Gasteiger charge is -2.08. The summed E-state index contributed by atoms with van der Waals surface area (Å²) in [6.07, 6.45) is 1.36. The Balaban J connectivity index is 0.00000312. The van der Waals surface area contributed by atoms with Crippen LogP contribution in [0.1, 0.15) is 30.1 Å². The van der Waals surface area contributed by atoms with E-state index in [1.54, 1.807) is 6.07 Å². The van der Waals surface area contributed by atoms with Gasteiger partial charge >= 0.3 is 0 Å². The van der Waals surface area contributed by atoms with Crippen molar-refractivity contribution >= 4 is 35.0 Å². The molecule has 0 aliphatic heterocycles. The van der Waals surface area contributed by atoms with Crippen LogP contribution in [0.25, 0.3) is 10.8 Å². The Bertz CT molecular complexity index is 691. The van der Waals surface area contributed by atoms with Gasteiger partial charge in [0.2, 0.25) is 5.91 Å². The first-order valence-corrected chi connectivity index (χ1v) is 8.45. The molecule has 0 atom stereocenters. The highest BCUT2D eigenvalue weighted by atomic mass is 35.5. The summed E-state index contributed by atoms with van der Waals surface area (Å²) in [5, 5.41) is 11.0. The van der Waals surface area contributed by atoms with Crippen molar-refractivity contribution in [2.75, 3.05) is 26.2 Å². The molecular weight excluding hydrogens is 338 g/mol. The average Bonchev–Trinajstić information content (AvgIpc) is 2.61. The van der Waals surface area contributed by atoms with Gasteiger partial charge in [0.05, 0.1) is 0 Å². The first kappa shape index (κ1) is 20.9. The molecule has 0 bridgehead atoms. The molecule has 0 saturated heterocycles. The highest BCUT2D eigenvalue weighted by Crippen LogP contribution is 2.15. The number of rotatable bonds is 9. The number of hydrogen-bond donors (Lipinski definition) is 3. The maximum Gasteiger partial charge on any atom is 0.251 e. The molecule has 0 aliphatic rings. The summed E-state index contributed by atoms with van der Waals surface area (Å²) in [6, 6.07) is 13.5. The van der Waals surface area contributed by atoms with Crippen LogP contribution in [0.2, 0.25) is 0 Å². The van der Waals surface area contributed by atoms with E-state index in [0.29, 0.717) is 18.7 Å². The van der Waals surface area contributed by atoms with Gasteiger partial charge in [-0.1, -0.05) is 37.3 Å². The van der Waals surface area contributed by atoms with E-state index in [0.717, 1.165) is 30.3 Å². The van der Waals surface area contributed by atoms with Gasteiger partial charge in [-0.25, -0.2) is 0 Å². The maximum absolute atomic E-state index is 12.1. The van der Waals surface area contributed by atoms with Crippen LogP contribution >= 0.6 is 12.4 Å². The number of amides is 2. The minimum absolute atomic E-state index is 0. The van der Waals surface area contributed by atoms with E-state index < -0.39 is 0 Å². The van der Waals surface area contributed by atoms with Gasteiger partial charge in [-0.15, -0.1) is 12.4 Å². The smallest absolute Gasteiger partial charge is 0.251 e. The van der Waals surface area contributed by atoms with E-state index in [1.165, 1.54) is 0 Å². The lowest BCUT2D eigenvalue weighted by atomic mass is 10.1. The standard InChI is InChI=1S/C19H25N3O2.ClH/c1-2-10-20-12-13-21-18(23)9-11-22-19(24)17-8-7-15-5-3-4-6-16(15)14-17;/h3-8,14,20H,2,9-13H2,1H3,(H,21,23)(H,22,24);1H. The number of fused-ring (bicyclic) bond motifs is 1. The van der Waals surface area contributed by atoms with Gasteiger partial charge < -0.3 is 16.0 Å². The number of benzene rings is 2. The molecule has 136 valence electrons. The summed E-state index contributed by atoms with van der Waals surface area (Å²) in [7, 11) is 0. The molecule has 2 aromatic rings. The van der Waals surface area contributed by atoms with Crippen molar-refractivity contribution in [2.24, 2.45) is 0 Å². The summed E-state index contributed by atoms with van der Waals surface area (Å²) in [4.78, 5) is 23.8. The number of hydrogen-bond acceptors (Lipinski definition) is 3. The zero-order valence-corrected chi connectivity index (χ0v) is 15.3. The van der Waals surface area contributed by atoms with E-state index >= 15 is 0 Å². The monoisotopic (exact) mass is 363 g/mol. The largest absolute Gasteiger partial charge is 0.355 e. The van der Waals surface area contributed by atoms with Crippen molar-refractivity contribution < 1.29 is 9.59 Å². The van der Waals surface area contributed by atoms with E-state index in [9.17, 15) is 9.59 Å². The lowest BCUT2D eigenvalue weighted by Crippen LogP contribution is -2.34. The zero-order chi connectivity index (χ0) is 17.2. The number of carbonyl (C=O) groups is 2. The fourth-order valence-corrected chi connectivity index (χ4v) is 2.40. The number of nitrogens with one attached hydrogen (secondary N) is 3. The van der Waals surface area contributed by atoms with E-state index in [-0.39, 0.29) is 30.6 Å². The highest BCUT2D eigenvalue weighted by Gasteiger charge is 2.07. The summed E-state index contributed by atoms with van der Waals surface area (Å²) < 4.78 is 0. The highest BCUT2D eigenvalue weighted by molar-refractivity contribution is 5.98. The molecule has 5 nitrogen and oxygen atoms in total. The lowest BCUT2D eigenvalue weighted by molar-refractivity contribution is -0.120. The third-order valence-electron chi connectivity index (χ3n) is 3.70. The van der Waals surface area contributed by atoms with Crippen LogP contribution < -0.4 is 16.0 Å². The predicted molar refractivity (Wildman–Crippen MR) is 104 cm³/mol. The van der Waals surface area contributed by atoms with Crippen molar-refractivity contribution in [3.63, 3.8) is 0 Å². The second kappa shape index (κ2) is 11.4. The van der Waals surface area contributed by atoms with Crippen LogP contribution in [0.4, 0.5) is 0 Å². The van der Waals surface area contributed by atoms with Crippen LogP contribution in [0, 0.1) is 0 Å². The van der Waals surface area contributed by atoms with Crippen molar-refractivity contribution in [1.29, 1.82) is 0 Å². The normalized spacial score (nSPS) is 10.1. The number of halogens is 1. The van der Waals surface area contributed by atoms with E-state index in [4.69, 9.17) is 0 Å². The molecule has 0 aliphatic carbocycles. The van der Waals surface area contributed by atoms with Crippen LogP contribution in [0.15, 0.2) is 42.5 Å². The van der Waals surface area contributed by atoms with Gasteiger partial charge in [-0.2, -0.15) is 0 Å². The first-order valence-electron chi connectivity index (χ1n) is 8.45. The fourth-order valence-electron chi connectivity index (χ4n) is 2.40. The molecule has 0 radical (unpaired) electrons. The molecule has 2 rings (SSSR count). The summed E-state index contributed by atoms with van der Waals surface area (Å²) in [5.41, 5.74) is 0.609. The van der Waals surface area contributed by atoms with Gasteiger partial charge in [-0.3, -0.25) is 9.59 Å². The van der Waals surface area contributed by atoms with E-state index in [2.05, 4.69) is 22.9 Å². The quantitative estimate of drug-likeness (QED) is 0.599. The van der Waals surface area contributed by atoms with Gasteiger partial charge in [0, 0.05) is 31.6 Å². The minimum Gasteiger partial charge on any atom is -0.355 e. The van der Waals surface area contributed by atoms with E-state index in [1.807, 2.05) is 36.4 Å². The van der Waals surface area contributed by atoms with Gasteiger partial charge in [0.15, 0.2) is 0 Å². The SMILES string of the molecule is CCCNCCNC(=O)CCNC(=O)c1ccc2ccccc2c1.Cl. The van der Waals surface area contributed by atoms with Gasteiger partial charge in [-0.05, 0) is 35.9 Å². The summed E-state index contributed by atoms with van der Waals surface area (Å²) >= 11 is 0. The van der Waals surface area contributed by atoms with Gasteiger partial charge in [0.25, 0.3) is 5.91 Å². The molecule has 25 heavy (non-hydrogen) atoms. The molecule has 0 fully saturated rings. The van der Waals surface area contributed by atoms with Crippen LogP contribution in [-0.4, -0.2) is 38.0 Å². The minimum atomic E-state index is -0.154. The molecule has 2 amide bonds. The Morgan fingerprint density at radius 1 is 0.880 bits per heavy atom. The van der Waals surface area contributed by atoms with Gasteiger partial charge in [0.1, 0.15) is 0 Å². The third kappa shape index (κ3) is 7.11. The Kier molecular flexibility index (Phi) is 9.58. The molecule has 0 saturated carbocycles. The van der Waals surface area contributed by atoms with Crippen molar-refractivity contribution in [2.45, 2.75) is 19.8 Å². The summed E-state index contributed by atoms with van der Waals surface area (Å²) in [5.74, 6) is -0.203. The fraction of sp³-hybridized carbons (Fsp3) is 0.368. The Morgan fingerprint density at radius 2 is 1.64 bits per heavy atom. The molecule has 6 heteroatoms. The number of carbonyl (C=O) groups excluding carboxylic acids is 2. The molecule has 0 aromatic heterocycles. The maximum atomic E-state index is 12.1. The van der Waals surface area contributed by atoms with Crippen LogP contribution in [-0.2, 0) is 4.79 Å². The predicted octanol–water partition coefficient (Wildman–Crippen LogP) is 2.50. The van der Waals surface area contributed by atoms with Crippen molar-refractivity contribution in [3.8, 4) is 0 Å². The topological polar surface area (TPSA) is 70.2 Å². The molecule has 0 spiro atoms. The second-order valence-corrected chi connectivity index (χ2v) is 5.67.